The molecule has 0 aromatic carbocycles. The molecule has 2 heterocycles. The molecule has 1 aromatic heterocycles. The predicted octanol–water partition coefficient (Wildman–Crippen LogP) is 0.300. The van der Waals surface area contributed by atoms with Crippen LogP contribution in [0, 0.1) is 12.8 Å². The van der Waals surface area contributed by atoms with Crippen LogP contribution in [0.15, 0.2) is 4.63 Å². The molecule has 0 bridgehead atoms. The molecule has 0 aliphatic carbocycles. The third kappa shape index (κ3) is 2.51. The highest BCUT2D eigenvalue weighted by atomic mass is 16.6. The van der Waals surface area contributed by atoms with E-state index in [1.807, 2.05) is 18.7 Å². The Balaban J connectivity index is 2.09. The molecule has 1 aromatic rings. The molecule has 2 unspecified atom stereocenters. The van der Waals surface area contributed by atoms with Crippen molar-refractivity contribution >= 4 is 5.97 Å². The van der Waals surface area contributed by atoms with Crippen LogP contribution in [0.3, 0.4) is 0 Å². The molecule has 1 saturated heterocycles. The van der Waals surface area contributed by atoms with Gasteiger partial charge in [0.2, 0.25) is 0 Å². The zero-order valence-corrected chi connectivity index (χ0v) is 10.5. The quantitative estimate of drug-likeness (QED) is 0.809. The molecule has 1 N–H and O–H groups in total. The molecule has 0 spiro atoms. The Bertz CT molecular complexity index is 420. The maximum Gasteiger partial charge on any atom is 0.310 e. The summed E-state index contributed by atoms with van der Waals surface area (Å²) in [5.41, 5.74) is 1.48. The van der Waals surface area contributed by atoms with E-state index < -0.39 is 11.9 Å². The van der Waals surface area contributed by atoms with E-state index in [1.54, 1.807) is 0 Å². The predicted molar refractivity (Wildman–Crippen MR) is 60.9 cm³/mol. The number of hydrogen-bond donors (Lipinski definition) is 1. The van der Waals surface area contributed by atoms with Gasteiger partial charge in [-0.25, -0.2) is 4.63 Å². The minimum atomic E-state index is -0.814. The molecular formula is C11H17N3O4. The number of rotatable bonds is 5. The van der Waals surface area contributed by atoms with Gasteiger partial charge in [0.05, 0.1) is 19.1 Å². The van der Waals surface area contributed by atoms with E-state index in [2.05, 4.69) is 14.9 Å². The Morgan fingerprint density at radius 3 is 2.83 bits per heavy atom. The highest BCUT2D eigenvalue weighted by Gasteiger charge is 2.37. The Morgan fingerprint density at radius 1 is 1.50 bits per heavy atom. The monoisotopic (exact) mass is 255 g/mol. The lowest BCUT2D eigenvalue weighted by molar-refractivity contribution is -0.143. The lowest BCUT2D eigenvalue weighted by atomic mass is 10.0. The van der Waals surface area contributed by atoms with Crippen molar-refractivity contribution in [2.75, 3.05) is 19.8 Å². The van der Waals surface area contributed by atoms with Crippen LogP contribution in [0.1, 0.15) is 18.3 Å². The third-order valence-electron chi connectivity index (χ3n) is 3.34. The van der Waals surface area contributed by atoms with Crippen LogP contribution in [-0.2, 0) is 16.1 Å². The van der Waals surface area contributed by atoms with E-state index in [0.717, 1.165) is 17.9 Å². The smallest absolute Gasteiger partial charge is 0.310 e. The van der Waals surface area contributed by atoms with Crippen LogP contribution in [0.5, 0.6) is 0 Å². The van der Waals surface area contributed by atoms with E-state index in [9.17, 15) is 4.79 Å². The first-order chi connectivity index (χ1) is 8.63. The second-order valence-electron chi connectivity index (χ2n) is 4.41. The first kappa shape index (κ1) is 13.0. The molecule has 100 valence electrons. The molecule has 1 aliphatic heterocycles. The SMILES string of the molecule is CCN(Cc1nonc1C)C1COCC1C(=O)O. The highest BCUT2D eigenvalue weighted by Crippen LogP contribution is 2.21. The maximum atomic E-state index is 11.1. The number of carbonyl (C=O) groups is 1. The summed E-state index contributed by atoms with van der Waals surface area (Å²) in [5.74, 6) is -1.30. The van der Waals surface area contributed by atoms with Crippen molar-refractivity contribution < 1.29 is 19.3 Å². The first-order valence-corrected chi connectivity index (χ1v) is 5.96. The molecule has 2 rings (SSSR count). The number of hydrogen-bond acceptors (Lipinski definition) is 6. The molecular weight excluding hydrogens is 238 g/mol. The standard InChI is InChI=1S/C11H17N3O4/c1-3-14(4-9-7(2)12-18-13-9)10-6-17-5-8(10)11(15)16/h8,10H,3-6H2,1-2H3,(H,15,16). The van der Waals surface area contributed by atoms with Crippen LogP contribution in [-0.4, -0.2) is 52.1 Å². The number of carboxylic acids is 1. The lowest BCUT2D eigenvalue weighted by Crippen LogP contribution is -2.42. The second kappa shape index (κ2) is 5.45. The van der Waals surface area contributed by atoms with E-state index in [4.69, 9.17) is 9.84 Å². The Kier molecular flexibility index (Phi) is 3.93. The number of aliphatic carboxylic acids is 1. The molecule has 0 saturated carbocycles. The Morgan fingerprint density at radius 2 is 2.28 bits per heavy atom. The molecule has 0 amide bonds. The fraction of sp³-hybridized carbons (Fsp3) is 0.727. The topological polar surface area (TPSA) is 88.7 Å². The average molecular weight is 255 g/mol. The van der Waals surface area contributed by atoms with E-state index in [-0.39, 0.29) is 12.6 Å². The van der Waals surface area contributed by atoms with Crippen LogP contribution < -0.4 is 0 Å². The van der Waals surface area contributed by atoms with Gasteiger partial charge in [-0.05, 0) is 13.5 Å². The van der Waals surface area contributed by atoms with Crippen molar-refractivity contribution in [1.29, 1.82) is 0 Å². The zero-order valence-electron chi connectivity index (χ0n) is 10.5. The number of aromatic nitrogens is 2. The summed E-state index contributed by atoms with van der Waals surface area (Å²) in [6.45, 7) is 5.77. The molecule has 7 nitrogen and oxygen atoms in total. The number of nitrogens with zero attached hydrogens (tertiary/aromatic N) is 3. The van der Waals surface area contributed by atoms with Crippen LogP contribution in [0.4, 0.5) is 0 Å². The summed E-state index contributed by atoms with van der Waals surface area (Å²) in [6.07, 6.45) is 0. The van der Waals surface area contributed by atoms with Gasteiger partial charge in [0.1, 0.15) is 11.4 Å². The first-order valence-electron chi connectivity index (χ1n) is 5.96. The second-order valence-corrected chi connectivity index (χ2v) is 4.41. The van der Waals surface area contributed by atoms with Gasteiger partial charge < -0.3 is 9.84 Å². The molecule has 0 radical (unpaired) electrons. The van der Waals surface area contributed by atoms with Gasteiger partial charge in [0, 0.05) is 12.6 Å². The number of carboxylic acid groups (broad SMARTS) is 1. The summed E-state index contributed by atoms with van der Waals surface area (Å²) >= 11 is 0. The van der Waals surface area contributed by atoms with Crippen molar-refractivity contribution in [2.45, 2.75) is 26.4 Å². The largest absolute Gasteiger partial charge is 0.481 e. The van der Waals surface area contributed by atoms with Crippen LogP contribution >= 0.6 is 0 Å². The molecule has 18 heavy (non-hydrogen) atoms. The average Bonchev–Trinajstić information content (AvgIpc) is 2.95. The maximum absolute atomic E-state index is 11.1. The molecule has 1 aliphatic rings. The van der Waals surface area contributed by atoms with Gasteiger partial charge in [-0.3, -0.25) is 9.69 Å². The number of likely N-dealkylation sites (N-methyl/N-ethyl adjacent to an activating group) is 1. The van der Waals surface area contributed by atoms with E-state index in [0.29, 0.717) is 13.2 Å². The molecule has 7 heteroatoms. The van der Waals surface area contributed by atoms with Crippen molar-refractivity contribution in [2.24, 2.45) is 5.92 Å². The van der Waals surface area contributed by atoms with Crippen LogP contribution in [0.2, 0.25) is 0 Å². The van der Waals surface area contributed by atoms with Gasteiger partial charge in [0.25, 0.3) is 0 Å². The van der Waals surface area contributed by atoms with Crippen molar-refractivity contribution in [3.8, 4) is 0 Å². The normalized spacial score (nSPS) is 23.7. The fourth-order valence-electron chi connectivity index (χ4n) is 2.19. The van der Waals surface area contributed by atoms with Gasteiger partial charge in [-0.15, -0.1) is 0 Å². The number of aryl methyl sites for hydroxylation is 1. The summed E-state index contributed by atoms with van der Waals surface area (Å²) in [4.78, 5) is 13.2. The van der Waals surface area contributed by atoms with Gasteiger partial charge in [-0.1, -0.05) is 17.2 Å². The zero-order chi connectivity index (χ0) is 13.1. The van der Waals surface area contributed by atoms with Crippen molar-refractivity contribution in [3.05, 3.63) is 11.4 Å². The Labute approximate surface area is 105 Å². The fourth-order valence-corrected chi connectivity index (χ4v) is 2.19. The summed E-state index contributed by atoms with van der Waals surface area (Å²) in [7, 11) is 0. The van der Waals surface area contributed by atoms with E-state index >= 15 is 0 Å². The summed E-state index contributed by atoms with van der Waals surface area (Å²) < 4.78 is 9.93. The Hall–Kier alpha value is -1.47. The lowest BCUT2D eigenvalue weighted by Gasteiger charge is -2.28. The third-order valence-corrected chi connectivity index (χ3v) is 3.34. The van der Waals surface area contributed by atoms with E-state index in [1.165, 1.54) is 0 Å². The summed E-state index contributed by atoms with van der Waals surface area (Å²) in [5, 5.41) is 16.7. The van der Waals surface area contributed by atoms with Crippen molar-refractivity contribution in [3.63, 3.8) is 0 Å². The van der Waals surface area contributed by atoms with Gasteiger partial charge in [-0.2, -0.15) is 0 Å². The molecule has 1 fully saturated rings. The van der Waals surface area contributed by atoms with Crippen molar-refractivity contribution in [1.82, 2.24) is 15.2 Å². The highest BCUT2D eigenvalue weighted by molar-refractivity contribution is 5.71. The van der Waals surface area contributed by atoms with Gasteiger partial charge in [0.15, 0.2) is 0 Å². The van der Waals surface area contributed by atoms with Gasteiger partial charge >= 0.3 is 5.97 Å². The molecule has 2 atom stereocenters. The number of ether oxygens (including phenoxy) is 1. The summed E-state index contributed by atoms with van der Waals surface area (Å²) in [6, 6.07) is -0.122. The minimum Gasteiger partial charge on any atom is -0.481 e. The minimum absolute atomic E-state index is 0.122. The van der Waals surface area contributed by atoms with Crippen LogP contribution in [0.25, 0.3) is 0 Å².